The molecule has 3 aromatic heterocycles. The molecule has 0 unspecified atom stereocenters. The number of aryl methyl sites for hydroxylation is 3. The lowest BCUT2D eigenvalue weighted by Gasteiger charge is -2.18. The van der Waals surface area contributed by atoms with Crippen LogP contribution in [0.15, 0.2) is 72.1 Å². The Hall–Kier alpha value is -3.85. The van der Waals surface area contributed by atoms with Gasteiger partial charge < -0.3 is 4.74 Å². The van der Waals surface area contributed by atoms with E-state index in [1.807, 2.05) is 45.0 Å². The summed E-state index contributed by atoms with van der Waals surface area (Å²) in [4.78, 5) is 17.3. The van der Waals surface area contributed by atoms with Crippen molar-refractivity contribution in [3.63, 3.8) is 0 Å². The molecule has 0 spiro atoms. The standard InChI is InChI=1S/C25H25N5O3S/c1-4-18-8-6-7-9-21(18)33-23-20(5-2)28-24(19-12-14-26-15-13-19)29-25(23)30-34(31,32)22-11-10-17(3)16-27-22/h6-16H,4-5H2,1-3H3,(H,28,29,30). The van der Waals surface area contributed by atoms with Crippen molar-refractivity contribution in [3.05, 3.63) is 83.9 Å². The van der Waals surface area contributed by atoms with Gasteiger partial charge in [-0.2, -0.15) is 8.42 Å². The van der Waals surface area contributed by atoms with E-state index in [4.69, 9.17) is 4.74 Å². The van der Waals surface area contributed by atoms with Crippen molar-refractivity contribution < 1.29 is 13.2 Å². The van der Waals surface area contributed by atoms with E-state index in [9.17, 15) is 8.42 Å². The van der Waals surface area contributed by atoms with Gasteiger partial charge in [0.1, 0.15) is 5.75 Å². The molecular formula is C25H25N5O3S. The minimum Gasteiger partial charge on any atom is -0.451 e. The fourth-order valence-corrected chi connectivity index (χ4v) is 4.28. The summed E-state index contributed by atoms with van der Waals surface area (Å²) in [6.07, 6.45) is 6.02. The molecule has 9 heteroatoms. The number of ether oxygens (including phenoxy) is 1. The van der Waals surface area contributed by atoms with Gasteiger partial charge in [0.2, 0.25) is 0 Å². The molecule has 3 heterocycles. The number of sulfonamides is 1. The summed E-state index contributed by atoms with van der Waals surface area (Å²) < 4.78 is 35.2. The Labute approximate surface area is 199 Å². The van der Waals surface area contributed by atoms with E-state index in [1.165, 1.54) is 12.3 Å². The lowest BCUT2D eigenvalue weighted by atomic mass is 10.1. The second-order valence-electron chi connectivity index (χ2n) is 7.60. The highest BCUT2D eigenvalue weighted by molar-refractivity contribution is 7.92. The normalized spacial score (nSPS) is 11.3. The molecule has 0 aliphatic carbocycles. The van der Waals surface area contributed by atoms with Crippen LogP contribution in [0.5, 0.6) is 11.5 Å². The lowest BCUT2D eigenvalue weighted by molar-refractivity contribution is 0.467. The summed E-state index contributed by atoms with van der Waals surface area (Å²) in [6.45, 7) is 5.79. The number of aromatic nitrogens is 4. The molecule has 0 fully saturated rings. The molecule has 34 heavy (non-hydrogen) atoms. The monoisotopic (exact) mass is 475 g/mol. The molecule has 0 bridgehead atoms. The fraction of sp³-hybridized carbons (Fsp3) is 0.200. The van der Waals surface area contributed by atoms with Crippen molar-refractivity contribution in [3.8, 4) is 22.9 Å². The van der Waals surface area contributed by atoms with Gasteiger partial charge in [-0.1, -0.05) is 38.1 Å². The van der Waals surface area contributed by atoms with E-state index in [1.54, 1.807) is 30.6 Å². The van der Waals surface area contributed by atoms with Crippen LogP contribution in [0.3, 0.4) is 0 Å². The molecule has 0 atom stereocenters. The van der Waals surface area contributed by atoms with Gasteiger partial charge in [0, 0.05) is 24.2 Å². The highest BCUT2D eigenvalue weighted by atomic mass is 32.2. The summed E-state index contributed by atoms with van der Waals surface area (Å²) >= 11 is 0. The zero-order chi connectivity index (χ0) is 24.1. The zero-order valence-corrected chi connectivity index (χ0v) is 20.0. The van der Waals surface area contributed by atoms with Crippen molar-refractivity contribution >= 4 is 15.8 Å². The number of hydrogen-bond acceptors (Lipinski definition) is 7. The Morgan fingerprint density at radius 3 is 2.38 bits per heavy atom. The van der Waals surface area contributed by atoms with Gasteiger partial charge in [0.15, 0.2) is 22.4 Å². The molecule has 4 aromatic rings. The molecule has 8 nitrogen and oxygen atoms in total. The van der Waals surface area contributed by atoms with Crippen LogP contribution in [0.25, 0.3) is 11.4 Å². The number of rotatable bonds is 8. The molecule has 0 aliphatic rings. The van der Waals surface area contributed by atoms with Crippen LogP contribution in [-0.4, -0.2) is 28.4 Å². The predicted molar refractivity (Wildman–Crippen MR) is 130 cm³/mol. The van der Waals surface area contributed by atoms with E-state index < -0.39 is 10.0 Å². The topological polar surface area (TPSA) is 107 Å². The van der Waals surface area contributed by atoms with Gasteiger partial charge >= 0.3 is 0 Å². The molecule has 0 aliphatic heterocycles. The lowest BCUT2D eigenvalue weighted by Crippen LogP contribution is -2.17. The van der Waals surface area contributed by atoms with E-state index in [0.29, 0.717) is 29.3 Å². The van der Waals surface area contributed by atoms with Crippen molar-refractivity contribution in [2.75, 3.05) is 4.72 Å². The van der Waals surface area contributed by atoms with Crippen LogP contribution < -0.4 is 9.46 Å². The van der Waals surface area contributed by atoms with Crippen LogP contribution in [0.4, 0.5) is 5.82 Å². The molecule has 0 saturated carbocycles. The number of nitrogens with zero attached hydrogens (tertiary/aromatic N) is 4. The third kappa shape index (κ3) is 5.04. The van der Waals surface area contributed by atoms with E-state index >= 15 is 0 Å². The second kappa shape index (κ2) is 9.96. The summed E-state index contributed by atoms with van der Waals surface area (Å²) in [5.74, 6) is 1.29. The van der Waals surface area contributed by atoms with Gasteiger partial charge in [0.25, 0.3) is 10.0 Å². The maximum Gasteiger partial charge on any atom is 0.280 e. The quantitative estimate of drug-likeness (QED) is 0.384. The number of benzene rings is 1. The van der Waals surface area contributed by atoms with E-state index in [-0.39, 0.29) is 16.6 Å². The smallest absolute Gasteiger partial charge is 0.280 e. The highest BCUT2D eigenvalue weighted by Crippen LogP contribution is 2.36. The predicted octanol–water partition coefficient (Wildman–Crippen LogP) is 4.96. The number of para-hydroxylation sites is 1. The summed E-state index contributed by atoms with van der Waals surface area (Å²) in [5, 5.41) is -0.111. The minimum absolute atomic E-state index is 0.0481. The van der Waals surface area contributed by atoms with Crippen LogP contribution >= 0.6 is 0 Å². The summed E-state index contributed by atoms with van der Waals surface area (Å²) in [5.41, 5.74) is 3.12. The zero-order valence-electron chi connectivity index (χ0n) is 19.2. The number of nitrogens with one attached hydrogen (secondary N) is 1. The van der Waals surface area contributed by atoms with E-state index in [2.05, 4.69) is 24.7 Å². The van der Waals surface area contributed by atoms with Gasteiger partial charge in [-0.15, -0.1) is 0 Å². The Kier molecular flexibility index (Phi) is 6.83. The molecule has 0 amide bonds. The Balaban J connectivity index is 1.86. The van der Waals surface area contributed by atoms with Crippen LogP contribution in [0.1, 0.15) is 30.7 Å². The van der Waals surface area contributed by atoms with Crippen molar-refractivity contribution in [1.29, 1.82) is 0 Å². The van der Waals surface area contributed by atoms with Gasteiger partial charge in [-0.05, 0) is 55.2 Å². The molecule has 174 valence electrons. The molecule has 0 radical (unpaired) electrons. The van der Waals surface area contributed by atoms with Crippen molar-refractivity contribution in [1.82, 2.24) is 19.9 Å². The molecular weight excluding hydrogens is 450 g/mol. The molecule has 4 rings (SSSR count). The van der Waals surface area contributed by atoms with Gasteiger partial charge in [-0.25, -0.2) is 15.0 Å². The average Bonchev–Trinajstić information content (AvgIpc) is 2.85. The Morgan fingerprint density at radius 2 is 1.71 bits per heavy atom. The molecule has 1 aromatic carbocycles. The first-order valence-corrected chi connectivity index (χ1v) is 12.4. The van der Waals surface area contributed by atoms with Crippen LogP contribution in [0, 0.1) is 6.92 Å². The minimum atomic E-state index is -4.03. The van der Waals surface area contributed by atoms with Gasteiger partial charge in [0.05, 0.1) is 5.69 Å². The first-order valence-electron chi connectivity index (χ1n) is 10.9. The first-order chi connectivity index (χ1) is 16.4. The number of hydrogen-bond donors (Lipinski definition) is 1. The Morgan fingerprint density at radius 1 is 0.941 bits per heavy atom. The van der Waals surface area contributed by atoms with Gasteiger partial charge in [-0.3, -0.25) is 9.71 Å². The number of anilines is 1. The summed E-state index contributed by atoms with van der Waals surface area (Å²) in [6, 6.07) is 14.3. The number of pyridine rings is 2. The molecule has 0 saturated heterocycles. The largest absolute Gasteiger partial charge is 0.451 e. The average molecular weight is 476 g/mol. The van der Waals surface area contributed by atoms with Crippen LogP contribution in [0.2, 0.25) is 0 Å². The first kappa shape index (κ1) is 23.3. The third-order valence-corrected chi connectivity index (χ3v) is 6.42. The van der Waals surface area contributed by atoms with Crippen LogP contribution in [-0.2, 0) is 22.9 Å². The van der Waals surface area contributed by atoms with Crippen molar-refractivity contribution in [2.24, 2.45) is 0 Å². The maximum absolute atomic E-state index is 13.2. The van der Waals surface area contributed by atoms with Crippen molar-refractivity contribution in [2.45, 2.75) is 38.6 Å². The second-order valence-corrected chi connectivity index (χ2v) is 9.23. The SMILES string of the molecule is CCc1ccccc1Oc1c(CC)nc(-c2ccncc2)nc1NS(=O)(=O)c1ccc(C)cn1. The molecule has 1 N–H and O–H groups in total. The Bertz CT molecular complexity index is 1390. The summed E-state index contributed by atoms with van der Waals surface area (Å²) in [7, 11) is -4.03. The third-order valence-electron chi connectivity index (χ3n) is 5.17. The fourth-order valence-electron chi connectivity index (χ4n) is 3.34. The van der Waals surface area contributed by atoms with E-state index in [0.717, 1.165) is 17.5 Å². The maximum atomic E-state index is 13.2. The highest BCUT2D eigenvalue weighted by Gasteiger charge is 2.24.